The fourth-order valence-corrected chi connectivity index (χ4v) is 3.31. The maximum absolute atomic E-state index is 4.95. The summed E-state index contributed by atoms with van der Waals surface area (Å²) in [5.41, 5.74) is 6.49. The van der Waals surface area contributed by atoms with E-state index < -0.39 is 0 Å². The van der Waals surface area contributed by atoms with Gasteiger partial charge in [0.15, 0.2) is 0 Å². The zero-order valence-electron chi connectivity index (χ0n) is 13.2. The van der Waals surface area contributed by atoms with Gasteiger partial charge in [-0.2, -0.15) is 5.10 Å². The summed E-state index contributed by atoms with van der Waals surface area (Å²) in [6.45, 7) is 2.91. The summed E-state index contributed by atoms with van der Waals surface area (Å²) in [6, 6.07) is 21.2. The molecule has 0 aliphatic carbocycles. The van der Waals surface area contributed by atoms with Gasteiger partial charge in [-0.3, -0.25) is 4.68 Å². The molecule has 1 aliphatic rings. The zero-order valence-corrected chi connectivity index (χ0v) is 13.2. The Balaban J connectivity index is 1.66. The number of nitrogens with one attached hydrogen (secondary N) is 1. The fourth-order valence-electron chi connectivity index (χ4n) is 3.31. The third-order valence-electron chi connectivity index (χ3n) is 4.51. The molecule has 0 radical (unpaired) electrons. The van der Waals surface area contributed by atoms with Crippen LogP contribution in [0.3, 0.4) is 0 Å². The van der Waals surface area contributed by atoms with Crippen molar-refractivity contribution in [1.29, 1.82) is 0 Å². The largest absolute Gasteiger partial charge is 0.312 e. The molecular formula is C20H21N3. The molecule has 0 bridgehead atoms. The number of aromatic nitrogens is 2. The fraction of sp³-hybridized carbons (Fsp3) is 0.250. The van der Waals surface area contributed by atoms with Gasteiger partial charge in [0.25, 0.3) is 0 Å². The van der Waals surface area contributed by atoms with Gasteiger partial charge in [0.05, 0.1) is 5.69 Å². The Hall–Kier alpha value is -2.39. The van der Waals surface area contributed by atoms with Crippen LogP contribution < -0.4 is 5.32 Å². The molecule has 1 aromatic heterocycles. The van der Waals surface area contributed by atoms with Crippen LogP contribution in [0, 0.1) is 0 Å². The summed E-state index contributed by atoms with van der Waals surface area (Å²) < 4.78 is 2.23. The average Bonchev–Trinajstić information content (AvgIpc) is 3.01. The van der Waals surface area contributed by atoms with E-state index >= 15 is 0 Å². The minimum absolute atomic E-state index is 0.922. The molecular weight excluding hydrogens is 282 g/mol. The second-order valence-electron chi connectivity index (χ2n) is 6.03. The lowest BCUT2D eigenvalue weighted by atomic mass is 10.0. The van der Waals surface area contributed by atoms with Crippen LogP contribution in [0.15, 0.2) is 60.7 Å². The van der Waals surface area contributed by atoms with E-state index in [9.17, 15) is 0 Å². The van der Waals surface area contributed by atoms with E-state index in [-0.39, 0.29) is 0 Å². The second kappa shape index (κ2) is 6.39. The van der Waals surface area contributed by atoms with Gasteiger partial charge in [0.2, 0.25) is 0 Å². The van der Waals surface area contributed by atoms with Crippen LogP contribution in [0.5, 0.6) is 0 Å². The van der Waals surface area contributed by atoms with E-state index in [1.54, 1.807) is 0 Å². The van der Waals surface area contributed by atoms with Gasteiger partial charge >= 0.3 is 0 Å². The van der Waals surface area contributed by atoms with Crippen molar-refractivity contribution in [3.05, 3.63) is 77.5 Å². The van der Waals surface area contributed by atoms with Gasteiger partial charge in [0, 0.05) is 42.9 Å². The Morgan fingerprint density at radius 1 is 0.957 bits per heavy atom. The van der Waals surface area contributed by atoms with E-state index in [1.165, 1.54) is 22.4 Å². The molecule has 0 fully saturated rings. The van der Waals surface area contributed by atoms with Gasteiger partial charge in [-0.1, -0.05) is 60.7 Å². The number of hydrogen-bond donors (Lipinski definition) is 1. The van der Waals surface area contributed by atoms with Crippen molar-refractivity contribution in [3.8, 4) is 11.3 Å². The molecule has 3 heteroatoms. The number of benzene rings is 2. The van der Waals surface area contributed by atoms with Crippen molar-refractivity contribution < 1.29 is 0 Å². The van der Waals surface area contributed by atoms with E-state index in [0.29, 0.717) is 0 Å². The molecule has 2 heterocycles. The highest BCUT2D eigenvalue weighted by Crippen LogP contribution is 2.27. The monoisotopic (exact) mass is 303 g/mol. The van der Waals surface area contributed by atoms with E-state index in [0.717, 1.165) is 38.2 Å². The van der Waals surface area contributed by atoms with Crippen LogP contribution in [0.4, 0.5) is 0 Å². The molecule has 116 valence electrons. The Morgan fingerprint density at radius 3 is 2.48 bits per heavy atom. The summed E-state index contributed by atoms with van der Waals surface area (Å²) in [5.74, 6) is 0. The molecule has 1 N–H and O–H groups in total. The van der Waals surface area contributed by atoms with Gasteiger partial charge in [-0.25, -0.2) is 0 Å². The molecule has 0 atom stereocenters. The Morgan fingerprint density at radius 2 is 1.70 bits per heavy atom. The Labute approximate surface area is 137 Å². The molecule has 4 rings (SSSR count). The van der Waals surface area contributed by atoms with Crippen LogP contribution in [0.2, 0.25) is 0 Å². The zero-order chi connectivity index (χ0) is 15.5. The highest BCUT2D eigenvalue weighted by Gasteiger charge is 2.21. The van der Waals surface area contributed by atoms with Crippen LogP contribution in [-0.4, -0.2) is 16.3 Å². The molecule has 0 unspecified atom stereocenters. The molecule has 3 nitrogen and oxygen atoms in total. The van der Waals surface area contributed by atoms with E-state index in [2.05, 4.69) is 70.7 Å². The summed E-state index contributed by atoms with van der Waals surface area (Å²) in [6.07, 6.45) is 2.08. The molecule has 0 amide bonds. The van der Waals surface area contributed by atoms with E-state index in [1.807, 2.05) is 0 Å². The molecule has 2 aromatic carbocycles. The number of nitrogens with zero attached hydrogens (tertiary/aromatic N) is 2. The van der Waals surface area contributed by atoms with Crippen LogP contribution >= 0.6 is 0 Å². The van der Waals surface area contributed by atoms with Crippen molar-refractivity contribution in [3.63, 3.8) is 0 Å². The lowest BCUT2D eigenvalue weighted by molar-refractivity contribution is 0.551. The first-order valence-corrected chi connectivity index (χ1v) is 8.30. The number of fused-ring (bicyclic) bond motifs is 1. The highest BCUT2D eigenvalue weighted by atomic mass is 15.3. The first kappa shape index (κ1) is 14.2. The summed E-state index contributed by atoms with van der Waals surface area (Å²) >= 11 is 0. The topological polar surface area (TPSA) is 29.9 Å². The quantitative estimate of drug-likeness (QED) is 0.800. The maximum atomic E-state index is 4.95. The van der Waals surface area contributed by atoms with Gasteiger partial charge in [0.1, 0.15) is 0 Å². The Bertz CT molecular complexity index is 775. The molecule has 0 saturated carbocycles. The van der Waals surface area contributed by atoms with E-state index in [4.69, 9.17) is 5.10 Å². The molecule has 1 aliphatic heterocycles. The van der Waals surface area contributed by atoms with Gasteiger partial charge in [-0.15, -0.1) is 0 Å². The van der Waals surface area contributed by atoms with Crippen LogP contribution in [0.1, 0.15) is 16.8 Å². The second-order valence-corrected chi connectivity index (χ2v) is 6.03. The Kier molecular flexibility index (Phi) is 3.95. The van der Waals surface area contributed by atoms with Crippen LogP contribution in [-0.2, 0) is 25.9 Å². The van der Waals surface area contributed by atoms with Crippen molar-refractivity contribution in [2.24, 2.45) is 0 Å². The minimum atomic E-state index is 0.922. The predicted octanol–water partition coefficient (Wildman–Crippen LogP) is 3.44. The number of aryl methyl sites for hydroxylation is 2. The van der Waals surface area contributed by atoms with Crippen molar-refractivity contribution in [1.82, 2.24) is 15.1 Å². The molecule has 0 saturated heterocycles. The maximum Gasteiger partial charge on any atom is 0.0971 e. The third kappa shape index (κ3) is 2.92. The average molecular weight is 303 g/mol. The third-order valence-corrected chi connectivity index (χ3v) is 4.51. The normalized spacial score (nSPS) is 13.7. The van der Waals surface area contributed by atoms with Crippen molar-refractivity contribution >= 4 is 0 Å². The first-order valence-electron chi connectivity index (χ1n) is 8.30. The first-order chi connectivity index (χ1) is 11.4. The number of hydrogen-bond acceptors (Lipinski definition) is 2. The predicted molar refractivity (Wildman–Crippen MR) is 93.2 cm³/mol. The standard InChI is InChI=1S/C20H21N3/c1-3-7-16(8-4-1)12-14-23-19-11-13-21-15-18(19)20(22-23)17-9-5-2-6-10-17/h1-10,21H,11-15H2. The van der Waals surface area contributed by atoms with Crippen LogP contribution in [0.25, 0.3) is 11.3 Å². The summed E-state index contributed by atoms with van der Waals surface area (Å²) in [7, 11) is 0. The molecule has 3 aromatic rings. The molecule has 0 spiro atoms. The molecule has 23 heavy (non-hydrogen) atoms. The smallest absolute Gasteiger partial charge is 0.0971 e. The van der Waals surface area contributed by atoms with Gasteiger partial charge in [-0.05, 0) is 12.0 Å². The van der Waals surface area contributed by atoms with Crippen molar-refractivity contribution in [2.75, 3.05) is 6.54 Å². The lowest BCUT2D eigenvalue weighted by Gasteiger charge is -2.15. The van der Waals surface area contributed by atoms with Gasteiger partial charge < -0.3 is 5.32 Å². The number of rotatable bonds is 4. The summed E-state index contributed by atoms with van der Waals surface area (Å²) in [5, 5.41) is 8.44. The van der Waals surface area contributed by atoms with Crippen molar-refractivity contribution in [2.45, 2.75) is 25.9 Å². The summed E-state index contributed by atoms with van der Waals surface area (Å²) in [4.78, 5) is 0. The SMILES string of the molecule is c1ccc(CCn2nc(-c3ccccc3)c3c2CCNC3)cc1. The minimum Gasteiger partial charge on any atom is -0.312 e. The highest BCUT2D eigenvalue weighted by molar-refractivity contribution is 5.64. The lowest BCUT2D eigenvalue weighted by Crippen LogP contribution is -2.25.